The van der Waals surface area contributed by atoms with E-state index in [1.165, 1.54) is 19.2 Å². The van der Waals surface area contributed by atoms with Crippen molar-refractivity contribution >= 4 is 5.97 Å². The topological polar surface area (TPSA) is 48.0 Å². The van der Waals surface area contributed by atoms with Gasteiger partial charge in [0.2, 0.25) is 0 Å². The largest absolute Gasteiger partial charge is 0.493 e. The van der Waals surface area contributed by atoms with Gasteiger partial charge in [0.1, 0.15) is 12.4 Å². The fraction of sp³-hybridized carbons (Fsp3) is 0.269. The number of hydrogen-bond donors (Lipinski definition) is 0. The molecular weight excluding hydrogens is 409 g/mol. The van der Waals surface area contributed by atoms with E-state index in [-0.39, 0.29) is 24.9 Å². The molecule has 168 valence electrons. The van der Waals surface area contributed by atoms with Crippen molar-refractivity contribution in [2.75, 3.05) is 27.3 Å². The van der Waals surface area contributed by atoms with Crippen LogP contribution < -0.4 is 9.47 Å². The van der Waals surface area contributed by atoms with Crippen molar-refractivity contribution in [1.29, 1.82) is 0 Å². The molecule has 0 saturated carbocycles. The second-order valence-corrected chi connectivity index (χ2v) is 7.43. The van der Waals surface area contributed by atoms with Crippen LogP contribution in [0.15, 0.2) is 72.8 Å². The van der Waals surface area contributed by atoms with Crippen LogP contribution in [-0.4, -0.2) is 38.2 Å². The summed E-state index contributed by atoms with van der Waals surface area (Å²) >= 11 is 0. The highest BCUT2D eigenvalue weighted by molar-refractivity contribution is 5.71. The molecule has 0 aliphatic carbocycles. The van der Waals surface area contributed by atoms with Gasteiger partial charge in [-0.15, -0.1) is 0 Å². The quantitative estimate of drug-likeness (QED) is 0.410. The SMILES string of the molecule is COC(=O)CN(CCc1ccc(OCc2cccc(F)c2)c(OC)c1)Cc1ccccc1. The number of carbonyl (C=O) groups excluding carboxylic acids is 1. The normalized spacial score (nSPS) is 10.8. The summed E-state index contributed by atoms with van der Waals surface area (Å²) in [6.45, 7) is 1.80. The molecule has 3 aromatic rings. The first-order valence-electron chi connectivity index (χ1n) is 10.4. The van der Waals surface area contributed by atoms with Gasteiger partial charge < -0.3 is 14.2 Å². The molecule has 5 nitrogen and oxygen atoms in total. The van der Waals surface area contributed by atoms with E-state index in [0.29, 0.717) is 24.6 Å². The van der Waals surface area contributed by atoms with Crippen molar-refractivity contribution in [3.63, 3.8) is 0 Å². The first-order chi connectivity index (χ1) is 15.6. The third-order valence-electron chi connectivity index (χ3n) is 5.06. The van der Waals surface area contributed by atoms with Crippen molar-refractivity contribution in [2.45, 2.75) is 19.6 Å². The number of esters is 1. The summed E-state index contributed by atoms with van der Waals surface area (Å²) in [5, 5.41) is 0. The maximum absolute atomic E-state index is 13.4. The molecule has 0 saturated heterocycles. The standard InChI is InChI=1S/C26H28FNO4/c1-30-25-16-20(11-12-24(25)32-19-22-9-6-10-23(27)15-22)13-14-28(18-26(29)31-2)17-21-7-4-3-5-8-21/h3-12,15-16H,13-14,17-19H2,1-2H3. The predicted octanol–water partition coefficient (Wildman–Crippen LogP) is 4.63. The minimum atomic E-state index is -0.291. The summed E-state index contributed by atoms with van der Waals surface area (Å²) in [5.41, 5.74) is 2.94. The van der Waals surface area contributed by atoms with Crippen LogP contribution in [0.2, 0.25) is 0 Å². The number of nitrogens with zero attached hydrogens (tertiary/aromatic N) is 1. The van der Waals surface area contributed by atoms with Gasteiger partial charge >= 0.3 is 5.97 Å². The molecule has 0 radical (unpaired) electrons. The van der Waals surface area contributed by atoms with Gasteiger partial charge in [-0.3, -0.25) is 9.69 Å². The summed E-state index contributed by atoms with van der Waals surface area (Å²) in [4.78, 5) is 13.9. The van der Waals surface area contributed by atoms with E-state index in [1.54, 1.807) is 13.2 Å². The second-order valence-electron chi connectivity index (χ2n) is 7.43. The van der Waals surface area contributed by atoms with E-state index in [0.717, 1.165) is 23.1 Å². The van der Waals surface area contributed by atoms with E-state index in [9.17, 15) is 9.18 Å². The Morgan fingerprint density at radius 3 is 2.38 bits per heavy atom. The molecular formula is C26H28FNO4. The second kappa shape index (κ2) is 11.9. The van der Waals surface area contributed by atoms with Gasteiger partial charge in [-0.1, -0.05) is 48.5 Å². The van der Waals surface area contributed by atoms with Crippen LogP contribution in [-0.2, 0) is 29.1 Å². The van der Waals surface area contributed by atoms with Crippen molar-refractivity contribution < 1.29 is 23.4 Å². The Morgan fingerprint density at radius 1 is 0.875 bits per heavy atom. The Bertz CT molecular complexity index is 1010. The summed E-state index contributed by atoms with van der Waals surface area (Å²) < 4.78 is 29.5. The smallest absolute Gasteiger partial charge is 0.319 e. The fourth-order valence-electron chi connectivity index (χ4n) is 3.36. The van der Waals surface area contributed by atoms with Crippen LogP contribution in [0.25, 0.3) is 0 Å². The number of hydrogen-bond acceptors (Lipinski definition) is 5. The number of rotatable bonds is 11. The van der Waals surface area contributed by atoms with E-state index in [4.69, 9.17) is 14.2 Å². The Labute approximate surface area is 188 Å². The molecule has 0 fully saturated rings. The molecule has 0 spiro atoms. The van der Waals surface area contributed by atoms with Gasteiger partial charge in [0.15, 0.2) is 11.5 Å². The minimum Gasteiger partial charge on any atom is -0.493 e. The molecule has 32 heavy (non-hydrogen) atoms. The zero-order valence-corrected chi connectivity index (χ0v) is 18.4. The zero-order chi connectivity index (χ0) is 22.8. The molecule has 0 amide bonds. The lowest BCUT2D eigenvalue weighted by atomic mass is 10.1. The lowest BCUT2D eigenvalue weighted by molar-refractivity contribution is -0.142. The average molecular weight is 438 g/mol. The molecule has 0 atom stereocenters. The molecule has 3 aromatic carbocycles. The average Bonchev–Trinajstić information content (AvgIpc) is 2.82. The third-order valence-corrected chi connectivity index (χ3v) is 5.06. The lowest BCUT2D eigenvalue weighted by Gasteiger charge is -2.21. The first-order valence-corrected chi connectivity index (χ1v) is 10.4. The van der Waals surface area contributed by atoms with Gasteiger partial charge in [-0.2, -0.15) is 0 Å². The van der Waals surface area contributed by atoms with E-state index >= 15 is 0 Å². The number of carbonyl (C=O) groups is 1. The van der Waals surface area contributed by atoms with E-state index in [1.807, 2.05) is 54.6 Å². The highest BCUT2D eigenvalue weighted by Gasteiger charge is 2.13. The van der Waals surface area contributed by atoms with Crippen LogP contribution in [0.4, 0.5) is 4.39 Å². The predicted molar refractivity (Wildman–Crippen MR) is 121 cm³/mol. The monoisotopic (exact) mass is 437 g/mol. The van der Waals surface area contributed by atoms with Crippen LogP contribution in [0.5, 0.6) is 11.5 Å². The van der Waals surface area contributed by atoms with Crippen molar-refractivity contribution in [1.82, 2.24) is 4.90 Å². The van der Waals surface area contributed by atoms with E-state index < -0.39 is 0 Å². The van der Waals surface area contributed by atoms with Crippen molar-refractivity contribution in [3.05, 3.63) is 95.3 Å². The molecule has 0 heterocycles. The fourth-order valence-corrected chi connectivity index (χ4v) is 3.36. The summed E-state index contributed by atoms with van der Waals surface area (Å²) in [7, 11) is 2.99. The summed E-state index contributed by atoms with van der Waals surface area (Å²) in [6.07, 6.45) is 0.727. The molecule has 0 aliphatic rings. The molecule has 3 rings (SSSR count). The summed E-state index contributed by atoms with van der Waals surface area (Å²) in [6, 6.07) is 22.1. The Hall–Kier alpha value is -3.38. The maximum Gasteiger partial charge on any atom is 0.319 e. The molecule has 0 aromatic heterocycles. The van der Waals surface area contributed by atoms with E-state index in [2.05, 4.69) is 4.90 Å². The van der Waals surface area contributed by atoms with Gasteiger partial charge in [0, 0.05) is 13.1 Å². The number of methoxy groups -OCH3 is 2. The van der Waals surface area contributed by atoms with Gasteiger partial charge in [0.25, 0.3) is 0 Å². The van der Waals surface area contributed by atoms with Crippen molar-refractivity contribution in [2.24, 2.45) is 0 Å². The highest BCUT2D eigenvalue weighted by atomic mass is 19.1. The molecule has 0 aliphatic heterocycles. The molecule has 0 bridgehead atoms. The van der Waals surface area contributed by atoms with Gasteiger partial charge in [-0.25, -0.2) is 4.39 Å². The number of ether oxygens (including phenoxy) is 3. The van der Waals surface area contributed by atoms with Crippen LogP contribution in [0.3, 0.4) is 0 Å². The number of halogens is 1. The van der Waals surface area contributed by atoms with Gasteiger partial charge in [-0.05, 0) is 47.4 Å². The lowest BCUT2D eigenvalue weighted by Crippen LogP contribution is -2.32. The third kappa shape index (κ3) is 7.10. The maximum atomic E-state index is 13.4. The van der Waals surface area contributed by atoms with Crippen LogP contribution in [0.1, 0.15) is 16.7 Å². The number of benzene rings is 3. The van der Waals surface area contributed by atoms with Crippen molar-refractivity contribution in [3.8, 4) is 11.5 Å². The first kappa shape index (κ1) is 23.3. The summed E-state index contributed by atoms with van der Waals surface area (Å²) in [5.74, 6) is 0.651. The Kier molecular flexibility index (Phi) is 8.63. The Morgan fingerprint density at radius 2 is 1.66 bits per heavy atom. The van der Waals surface area contributed by atoms with Gasteiger partial charge in [0.05, 0.1) is 20.8 Å². The van der Waals surface area contributed by atoms with Crippen LogP contribution in [0, 0.1) is 5.82 Å². The minimum absolute atomic E-state index is 0.220. The van der Waals surface area contributed by atoms with Crippen LogP contribution >= 0.6 is 0 Å². The Balaban J connectivity index is 1.63. The molecule has 6 heteroatoms. The molecule has 0 unspecified atom stereocenters. The highest BCUT2D eigenvalue weighted by Crippen LogP contribution is 2.29. The zero-order valence-electron chi connectivity index (χ0n) is 18.4. The molecule has 0 N–H and O–H groups in total.